The number of imidazole rings is 1. The van der Waals surface area contributed by atoms with Gasteiger partial charge in [0, 0.05) is 46.1 Å². The Kier molecular flexibility index (Phi) is 4.53. The van der Waals surface area contributed by atoms with E-state index in [0.717, 1.165) is 25.3 Å². The van der Waals surface area contributed by atoms with E-state index in [4.69, 9.17) is 9.47 Å². The van der Waals surface area contributed by atoms with Crippen molar-refractivity contribution in [1.29, 1.82) is 0 Å². The molecule has 0 unspecified atom stereocenters. The minimum absolute atomic E-state index is 0.195. The summed E-state index contributed by atoms with van der Waals surface area (Å²) in [7, 11) is 3.37. The lowest BCUT2D eigenvalue weighted by atomic mass is 9.93. The van der Waals surface area contributed by atoms with Gasteiger partial charge in [-0.05, 0) is 18.8 Å². The van der Waals surface area contributed by atoms with Gasteiger partial charge in [0.25, 0.3) is 0 Å². The number of H-pyrrole nitrogens is 1. The Bertz CT molecular complexity index is 304. The molecule has 5 heteroatoms. The molecule has 17 heavy (non-hydrogen) atoms. The third kappa shape index (κ3) is 3.28. The second-order valence-corrected chi connectivity index (χ2v) is 4.50. The van der Waals surface area contributed by atoms with Crippen LogP contribution >= 0.6 is 0 Å². The van der Waals surface area contributed by atoms with E-state index in [9.17, 15) is 0 Å². The molecule has 1 aliphatic rings. The second kappa shape index (κ2) is 6.14. The smallest absolute Gasteiger partial charge is 0.218 e. The Balaban J connectivity index is 1.78. The summed E-state index contributed by atoms with van der Waals surface area (Å²) in [6.07, 6.45) is 6.89. The number of hydrogen-bond donors (Lipinski definition) is 1. The van der Waals surface area contributed by atoms with Gasteiger partial charge in [-0.2, -0.15) is 0 Å². The Morgan fingerprint density at radius 3 is 2.65 bits per heavy atom. The van der Waals surface area contributed by atoms with Crippen LogP contribution in [0.4, 0.5) is 0 Å². The maximum Gasteiger partial charge on any atom is 0.218 e. The van der Waals surface area contributed by atoms with Crippen molar-refractivity contribution in [2.45, 2.75) is 25.7 Å². The zero-order chi connectivity index (χ0) is 12.1. The molecule has 1 fully saturated rings. The van der Waals surface area contributed by atoms with E-state index in [-0.39, 0.29) is 6.41 Å². The molecule has 0 radical (unpaired) electrons. The van der Waals surface area contributed by atoms with Gasteiger partial charge in [-0.1, -0.05) is 0 Å². The Morgan fingerprint density at radius 2 is 2.12 bits per heavy atom. The van der Waals surface area contributed by atoms with E-state index in [2.05, 4.69) is 14.9 Å². The van der Waals surface area contributed by atoms with Crippen LogP contribution in [0.2, 0.25) is 0 Å². The molecule has 0 aromatic carbocycles. The van der Waals surface area contributed by atoms with Crippen molar-refractivity contribution in [2.75, 3.05) is 27.3 Å². The fraction of sp³-hybridized carbons (Fsp3) is 0.750. The molecule has 1 N–H and O–H groups in total. The number of hydrogen-bond acceptors (Lipinski definition) is 4. The van der Waals surface area contributed by atoms with E-state index in [1.54, 1.807) is 14.2 Å². The standard InChI is InChI=1S/C12H21N3O2/c1-16-12(17-2)15-7-3-10(4-8-15)9-11-13-5-6-14-11/h5-6,10,12H,3-4,7-9H2,1-2H3,(H,13,14). The van der Waals surface area contributed by atoms with Crippen LogP contribution in [0.3, 0.4) is 0 Å². The van der Waals surface area contributed by atoms with Gasteiger partial charge in [-0.25, -0.2) is 4.98 Å². The average molecular weight is 239 g/mol. The topological polar surface area (TPSA) is 50.4 Å². The lowest BCUT2D eigenvalue weighted by molar-refractivity contribution is -0.202. The predicted octanol–water partition coefficient (Wildman–Crippen LogP) is 1.24. The molecule has 1 aliphatic heterocycles. The van der Waals surface area contributed by atoms with Gasteiger partial charge in [0.2, 0.25) is 6.41 Å². The maximum absolute atomic E-state index is 5.27. The molecular formula is C12H21N3O2. The van der Waals surface area contributed by atoms with Crippen molar-refractivity contribution >= 4 is 0 Å². The number of rotatable bonds is 5. The number of nitrogens with one attached hydrogen (secondary N) is 1. The molecule has 5 nitrogen and oxygen atoms in total. The summed E-state index contributed by atoms with van der Waals surface area (Å²) in [5.74, 6) is 1.81. The van der Waals surface area contributed by atoms with E-state index in [0.29, 0.717) is 5.92 Å². The third-order valence-electron chi connectivity index (χ3n) is 3.39. The molecule has 96 valence electrons. The first-order valence-electron chi connectivity index (χ1n) is 6.11. The first kappa shape index (κ1) is 12.5. The summed E-state index contributed by atoms with van der Waals surface area (Å²) in [6.45, 7) is 2.05. The quantitative estimate of drug-likeness (QED) is 0.785. The van der Waals surface area contributed by atoms with E-state index < -0.39 is 0 Å². The highest BCUT2D eigenvalue weighted by atomic mass is 16.7. The number of piperidine rings is 1. The number of methoxy groups -OCH3 is 2. The molecular weight excluding hydrogens is 218 g/mol. The monoisotopic (exact) mass is 239 g/mol. The highest BCUT2D eigenvalue weighted by molar-refractivity contribution is 4.90. The molecule has 2 heterocycles. The van der Waals surface area contributed by atoms with Gasteiger partial charge in [0.1, 0.15) is 5.82 Å². The predicted molar refractivity (Wildman–Crippen MR) is 64.4 cm³/mol. The Hall–Kier alpha value is -0.910. The van der Waals surface area contributed by atoms with Gasteiger partial charge in [0.15, 0.2) is 0 Å². The largest absolute Gasteiger partial charge is 0.349 e. The van der Waals surface area contributed by atoms with Crippen LogP contribution in [0.5, 0.6) is 0 Å². The van der Waals surface area contributed by atoms with Crippen molar-refractivity contribution in [3.05, 3.63) is 18.2 Å². The normalized spacial score (nSPS) is 19.0. The SMILES string of the molecule is COC(OC)N1CCC(Cc2ncc[nH]2)CC1. The fourth-order valence-corrected chi connectivity index (χ4v) is 2.45. The van der Waals surface area contributed by atoms with Crippen LogP contribution in [0.15, 0.2) is 12.4 Å². The summed E-state index contributed by atoms with van der Waals surface area (Å²) in [4.78, 5) is 9.68. The van der Waals surface area contributed by atoms with Gasteiger partial charge in [-0.3, -0.25) is 4.90 Å². The van der Waals surface area contributed by atoms with Crippen LogP contribution in [0.1, 0.15) is 18.7 Å². The highest BCUT2D eigenvalue weighted by Crippen LogP contribution is 2.22. The van der Waals surface area contributed by atoms with Crippen molar-refractivity contribution in [3.63, 3.8) is 0 Å². The molecule has 0 atom stereocenters. The fourth-order valence-electron chi connectivity index (χ4n) is 2.45. The van der Waals surface area contributed by atoms with Crippen molar-refractivity contribution in [3.8, 4) is 0 Å². The molecule has 0 saturated carbocycles. The zero-order valence-corrected chi connectivity index (χ0v) is 10.6. The van der Waals surface area contributed by atoms with Crippen LogP contribution in [0.25, 0.3) is 0 Å². The maximum atomic E-state index is 5.27. The molecule has 2 rings (SSSR count). The van der Waals surface area contributed by atoms with Crippen molar-refractivity contribution < 1.29 is 9.47 Å². The van der Waals surface area contributed by atoms with E-state index in [1.807, 2.05) is 12.4 Å². The van der Waals surface area contributed by atoms with E-state index >= 15 is 0 Å². The molecule has 0 spiro atoms. The molecule has 1 saturated heterocycles. The lowest BCUT2D eigenvalue weighted by Crippen LogP contribution is -2.43. The summed E-state index contributed by atoms with van der Waals surface area (Å²) >= 11 is 0. The summed E-state index contributed by atoms with van der Waals surface area (Å²) in [6, 6.07) is 0. The number of ether oxygens (including phenoxy) is 2. The van der Waals surface area contributed by atoms with E-state index in [1.165, 1.54) is 12.8 Å². The van der Waals surface area contributed by atoms with Crippen LogP contribution in [-0.4, -0.2) is 48.6 Å². The average Bonchev–Trinajstić information content (AvgIpc) is 2.86. The summed E-state index contributed by atoms with van der Waals surface area (Å²) in [5.41, 5.74) is 0. The first-order chi connectivity index (χ1) is 8.33. The number of aromatic amines is 1. The molecule has 0 amide bonds. The number of likely N-dealkylation sites (tertiary alicyclic amines) is 1. The minimum atomic E-state index is -0.195. The van der Waals surface area contributed by atoms with Crippen LogP contribution in [-0.2, 0) is 15.9 Å². The minimum Gasteiger partial charge on any atom is -0.349 e. The molecule has 0 aliphatic carbocycles. The zero-order valence-electron chi connectivity index (χ0n) is 10.6. The van der Waals surface area contributed by atoms with Crippen LogP contribution < -0.4 is 0 Å². The Morgan fingerprint density at radius 1 is 1.41 bits per heavy atom. The van der Waals surface area contributed by atoms with Gasteiger partial charge < -0.3 is 14.5 Å². The summed E-state index contributed by atoms with van der Waals surface area (Å²) < 4.78 is 10.5. The van der Waals surface area contributed by atoms with Crippen molar-refractivity contribution in [2.24, 2.45) is 5.92 Å². The Labute approximate surface area is 102 Å². The van der Waals surface area contributed by atoms with Gasteiger partial charge in [-0.15, -0.1) is 0 Å². The number of aromatic nitrogens is 2. The van der Waals surface area contributed by atoms with Gasteiger partial charge in [0.05, 0.1) is 0 Å². The third-order valence-corrected chi connectivity index (χ3v) is 3.39. The first-order valence-corrected chi connectivity index (χ1v) is 6.11. The molecule has 1 aromatic rings. The van der Waals surface area contributed by atoms with Crippen molar-refractivity contribution in [1.82, 2.24) is 14.9 Å². The summed E-state index contributed by atoms with van der Waals surface area (Å²) in [5, 5.41) is 0. The van der Waals surface area contributed by atoms with Gasteiger partial charge >= 0.3 is 0 Å². The highest BCUT2D eigenvalue weighted by Gasteiger charge is 2.25. The lowest BCUT2D eigenvalue weighted by Gasteiger charge is -2.35. The molecule has 1 aromatic heterocycles. The second-order valence-electron chi connectivity index (χ2n) is 4.50. The number of nitrogens with zero attached hydrogens (tertiary/aromatic N) is 2. The molecule has 0 bridgehead atoms. The van der Waals surface area contributed by atoms with Crippen LogP contribution in [0, 0.1) is 5.92 Å².